The number of carbonyl (C=O) groups excluding carboxylic acids is 1. The summed E-state index contributed by atoms with van der Waals surface area (Å²) in [6.07, 6.45) is 30.3. The topological polar surface area (TPSA) is 149 Å². The molecule has 9 heteroatoms. The number of hydrogen-bond acceptors (Lipinski definition) is 8. The first-order valence-corrected chi connectivity index (χ1v) is 19.5. The van der Waals surface area contributed by atoms with Gasteiger partial charge in [-0.05, 0) is 25.7 Å². The van der Waals surface area contributed by atoms with Gasteiger partial charge in [-0.3, -0.25) is 4.79 Å². The van der Waals surface area contributed by atoms with Gasteiger partial charge in [0.15, 0.2) is 6.29 Å². The number of aliphatic hydroxyl groups is 5. The Balaban J connectivity index is 2.02. The van der Waals surface area contributed by atoms with Crippen molar-refractivity contribution in [1.29, 1.82) is 0 Å². The first kappa shape index (κ1) is 44.7. The number of rotatable bonds is 31. The zero-order chi connectivity index (χ0) is 35.2. The lowest BCUT2D eigenvalue weighted by molar-refractivity contribution is -0.302. The van der Waals surface area contributed by atoms with Crippen LogP contribution in [0.5, 0.6) is 0 Å². The Labute approximate surface area is 292 Å². The zero-order valence-corrected chi connectivity index (χ0v) is 30.5. The van der Waals surface area contributed by atoms with E-state index in [9.17, 15) is 30.3 Å². The highest BCUT2D eigenvalue weighted by Gasteiger charge is 2.44. The Hall–Kier alpha value is -1.33. The van der Waals surface area contributed by atoms with Crippen LogP contribution in [0, 0.1) is 0 Å². The number of unbranched alkanes of at least 4 members (excludes halogenated alkanes) is 21. The van der Waals surface area contributed by atoms with Gasteiger partial charge in [-0.25, -0.2) is 0 Å². The number of allylic oxidation sites excluding steroid dienone is 3. The van der Waals surface area contributed by atoms with Gasteiger partial charge in [-0.1, -0.05) is 153 Å². The zero-order valence-electron chi connectivity index (χ0n) is 30.5. The van der Waals surface area contributed by atoms with Crippen molar-refractivity contribution >= 4 is 5.91 Å². The van der Waals surface area contributed by atoms with Gasteiger partial charge in [0.05, 0.1) is 25.4 Å². The fraction of sp³-hybridized carbons (Fsp3) is 0.872. The van der Waals surface area contributed by atoms with Crippen molar-refractivity contribution in [1.82, 2.24) is 5.32 Å². The van der Waals surface area contributed by atoms with Crippen molar-refractivity contribution in [2.75, 3.05) is 13.2 Å². The molecule has 7 atom stereocenters. The van der Waals surface area contributed by atoms with Crippen molar-refractivity contribution in [2.24, 2.45) is 0 Å². The summed E-state index contributed by atoms with van der Waals surface area (Å²) in [5.41, 5.74) is 0. The SMILES string of the molecule is CCCCCCCCCCCCCCCCCCCCCC/C=C/CC/C=C/C(O)C(COC1OC(CO)C(O)C(O)C1O)NC(C)=O. The normalized spacial score (nSPS) is 22.9. The molecule has 1 heterocycles. The molecule has 0 saturated carbocycles. The third-order valence-corrected chi connectivity index (χ3v) is 9.31. The van der Waals surface area contributed by atoms with Gasteiger partial charge >= 0.3 is 0 Å². The fourth-order valence-electron chi connectivity index (χ4n) is 6.21. The summed E-state index contributed by atoms with van der Waals surface area (Å²) in [6, 6.07) is -0.819. The van der Waals surface area contributed by atoms with Gasteiger partial charge in [0.2, 0.25) is 5.91 Å². The third kappa shape index (κ3) is 22.4. The van der Waals surface area contributed by atoms with E-state index in [-0.39, 0.29) is 12.5 Å². The summed E-state index contributed by atoms with van der Waals surface area (Å²) in [5.74, 6) is -0.363. The maximum absolute atomic E-state index is 11.7. The number of hydrogen-bond donors (Lipinski definition) is 6. The minimum absolute atomic E-state index is 0.215. The molecule has 9 nitrogen and oxygen atoms in total. The summed E-state index contributed by atoms with van der Waals surface area (Å²) in [5, 5.41) is 52.6. The van der Waals surface area contributed by atoms with Crippen molar-refractivity contribution < 1.29 is 39.8 Å². The Kier molecular flexibility index (Phi) is 28.4. The number of nitrogens with one attached hydrogen (secondary N) is 1. The lowest BCUT2D eigenvalue weighted by Crippen LogP contribution is -2.60. The van der Waals surface area contributed by atoms with Gasteiger partial charge < -0.3 is 40.3 Å². The molecule has 0 bridgehead atoms. The molecule has 6 N–H and O–H groups in total. The predicted molar refractivity (Wildman–Crippen MR) is 193 cm³/mol. The quantitative estimate of drug-likeness (QED) is 0.0346. The maximum Gasteiger partial charge on any atom is 0.217 e. The van der Waals surface area contributed by atoms with Gasteiger partial charge in [0.25, 0.3) is 0 Å². The molecule has 48 heavy (non-hydrogen) atoms. The molecule has 0 aromatic heterocycles. The Bertz CT molecular complexity index is 807. The van der Waals surface area contributed by atoms with Gasteiger partial charge in [0, 0.05) is 6.92 Å². The Morgan fingerprint density at radius 2 is 1.15 bits per heavy atom. The van der Waals surface area contributed by atoms with E-state index in [1.165, 1.54) is 135 Å². The van der Waals surface area contributed by atoms with E-state index in [1.807, 2.05) is 6.08 Å². The summed E-state index contributed by atoms with van der Waals surface area (Å²) >= 11 is 0. The van der Waals surface area contributed by atoms with Crippen LogP contribution in [0.3, 0.4) is 0 Å². The highest BCUT2D eigenvalue weighted by atomic mass is 16.7. The molecule has 1 saturated heterocycles. The Morgan fingerprint density at radius 3 is 1.62 bits per heavy atom. The summed E-state index contributed by atoms with van der Waals surface area (Å²) < 4.78 is 10.8. The van der Waals surface area contributed by atoms with E-state index in [0.717, 1.165) is 19.3 Å². The van der Waals surface area contributed by atoms with Crippen molar-refractivity contribution in [3.05, 3.63) is 24.3 Å². The highest BCUT2D eigenvalue weighted by molar-refractivity contribution is 5.73. The molecule has 1 rings (SSSR count). The second-order valence-electron chi connectivity index (χ2n) is 13.8. The van der Waals surface area contributed by atoms with E-state index >= 15 is 0 Å². The van der Waals surface area contributed by atoms with E-state index in [1.54, 1.807) is 6.08 Å². The molecule has 0 spiro atoms. The van der Waals surface area contributed by atoms with Crippen LogP contribution in [-0.4, -0.2) is 87.5 Å². The standard InChI is InChI=1S/C39H73NO8/c1-3-4-5-6-7-8-9-10-11-12-13-14-15-16-17-18-19-20-21-22-23-24-25-26-27-28-29-34(43)33(40-32(2)42)31-47-39-38(46)37(45)36(44)35(30-41)48-39/h24-25,28-29,33-39,41,43-46H,3-23,26-27,30-31H2,1-2H3,(H,40,42)/b25-24+,29-28+. The summed E-state index contributed by atoms with van der Waals surface area (Å²) in [4.78, 5) is 11.7. The first-order chi connectivity index (χ1) is 23.3. The highest BCUT2D eigenvalue weighted by Crippen LogP contribution is 2.22. The largest absolute Gasteiger partial charge is 0.394 e. The molecule has 0 aliphatic carbocycles. The molecular formula is C39H73NO8. The number of ether oxygens (including phenoxy) is 2. The number of amides is 1. The summed E-state index contributed by atoms with van der Waals surface area (Å²) in [7, 11) is 0. The monoisotopic (exact) mass is 684 g/mol. The first-order valence-electron chi connectivity index (χ1n) is 19.5. The minimum Gasteiger partial charge on any atom is -0.394 e. The van der Waals surface area contributed by atoms with Crippen LogP contribution in [0.2, 0.25) is 0 Å². The minimum atomic E-state index is -1.56. The van der Waals surface area contributed by atoms with E-state index in [0.29, 0.717) is 0 Å². The van der Waals surface area contributed by atoms with Crippen LogP contribution in [0.1, 0.15) is 162 Å². The van der Waals surface area contributed by atoms with Crippen molar-refractivity contribution in [2.45, 2.75) is 204 Å². The fourth-order valence-corrected chi connectivity index (χ4v) is 6.21. The lowest BCUT2D eigenvalue weighted by atomic mass is 9.99. The molecule has 1 aliphatic rings. The van der Waals surface area contributed by atoms with Crippen LogP contribution >= 0.6 is 0 Å². The molecular weight excluding hydrogens is 610 g/mol. The molecule has 282 valence electrons. The average molecular weight is 684 g/mol. The predicted octanol–water partition coefficient (Wildman–Crippen LogP) is 6.77. The molecule has 1 aliphatic heterocycles. The van der Waals surface area contributed by atoms with Crippen LogP contribution in [-0.2, 0) is 14.3 Å². The molecule has 7 unspecified atom stereocenters. The van der Waals surface area contributed by atoms with E-state index < -0.39 is 49.5 Å². The number of aliphatic hydroxyl groups excluding tert-OH is 5. The van der Waals surface area contributed by atoms with E-state index in [2.05, 4.69) is 24.4 Å². The Morgan fingerprint density at radius 1 is 0.688 bits per heavy atom. The number of carbonyl (C=O) groups is 1. The smallest absolute Gasteiger partial charge is 0.217 e. The van der Waals surface area contributed by atoms with E-state index in [4.69, 9.17) is 9.47 Å². The van der Waals surface area contributed by atoms with Crippen LogP contribution in [0.25, 0.3) is 0 Å². The third-order valence-electron chi connectivity index (χ3n) is 9.31. The average Bonchev–Trinajstić information content (AvgIpc) is 3.07. The van der Waals surface area contributed by atoms with Crippen molar-refractivity contribution in [3.63, 3.8) is 0 Å². The van der Waals surface area contributed by atoms with Crippen LogP contribution in [0.4, 0.5) is 0 Å². The maximum atomic E-state index is 11.7. The van der Waals surface area contributed by atoms with Gasteiger partial charge in [0.1, 0.15) is 24.4 Å². The molecule has 0 radical (unpaired) electrons. The van der Waals surface area contributed by atoms with Gasteiger partial charge in [-0.2, -0.15) is 0 Å². The van der Waals surface area contributed by atoms with Crippen LogP contribution < -0.4 is 5.32 Å². The van der Waals surface area contributed by atoms with Crippen molar-refractivity contribution in [3.8, 4) is 0 Å². The lowest BCUT2D eigenvalue weighted by Gasteiger charge is -2.40. The molecule has 0 aromatic rings. The second kappa shape index (κ2) is 30.5. The van der Waals surface area contributed by atoms with Gasteiger partial charge in [-0.15, -0.1) is 0 Å². The molecule has 1 fully saturated rings. The molecule has 1 amide bonds. The van der Waals surface area contributed by atoms with Crippen LogP contribution in [0.15, 0.2) is 24.3 Å². The second-order valence-corrected chi connectivity index (χ2v) is 13.8. The summed E-state index contributed by atoms with van der Waals surface area (Å²) in [6.45, 7) is 2.82. The molecule has 0 aromatic carbocycles.